The van der Waals surface area contributed by atoms with Crippen molar-refractivity contribution in [2.45, 2.75) is 25.9 Å². The molecule has 4 rings (SSSR count). The van der Waals surface area contributed by atoms with Crippen LogP contribution < -0.4 is 10.1 Å². The summed E-state index contributed by atoms with van der Waals surface area (Å²) in [6.45, 7) is 2.71. The molecule has 3 aromatic rings. The number of halogens is 1. The van der Waals surface area contributed by atoms with Crippen molar-refractivity contribution in [2.75, 3.05) is 20.2 Å². The number of hydrogen-bond acceptors (Lipinski definition) is 6. The number of carbonyl (C=O) groups excluding carboxylic acids is 1. The summed E-state index contributed by atoms with van der Waals surface area (Å²) in [5.41, 5.74) is 1.89. The Bertz CT molecular complexity index is 1030. The summed E-state index contributed by atoms with van der Waals surface area (Å²) in [5.74, 6) is 2.08. The van der Waals surface area contributed by atoms with Crippen molar-refractivity contribution in [1.29, 1.82) is 0 Å². The summed E-state index contributed by atoms with van der Waals surface area (Å²) < 4.78 is 11.8. The van der Waals surface area contributed by atoms with Gasteiger partial charge in [0.05, 0.1) is 13.7 Å². The molecule has 2 heterocycles. The van der Waals surface area contributed by atoms with Crippen LogP contribution in [0.25, 0.3) is 11.4 Å². The second kappa shape index (κ2) is 10.1. The maximum atomic E-state index is 12.6. The number of ether oxygens (including phenoxy) is 1. The van der Waals surface area contributed by atoms with E-state index in [1.165, 1.54) is 0 Å². The van der Waals surface area contributed by atoms with Crippen LogP contribution in [-0.4, -0.2) is 41.1 Å². The number of benzene rings is 2. The molecular weight excluding hydrogens is 460 g/mol. The number of nitrogens with one attached hydrogen (secondary N) is 1. The molecule has 2 aromatic carbocycles. The Morgan fingerprint density at radius 2 is 2.03 bits per heavy atom. The van der Waals surface area contributed by atoms with Crippen molar-refractivity contribution in [1.82, 2.24) is 20.4 Å². The van der Waals surface area contributed by atoms with Gasteiger partial charge in [0, 0.05) is 28.1 Å². The number of carbonyl (C=O) groups is 1. The number of rotatable bonds is 7. The minimum absolute atomic E-state index is 0.0193. The molecule has 1 fully saturated rings. The molecule has 0 spiro atoms. The normalized spacial score (nSPS) is 15.0. The van der Waals surface area contributed by atoms with E-state index in [2.05, 4.69) is 36.3 Å². The first-order chi connectivity index (χ1) is 15.1. The summed E-state index contributed by atoms with van der Waals surface area (Å²) in [5, 5.41) is 7.15. The van der Waals surface area contributed by atoms with E-state index in [1.807, 2.05) is 48.5 Å². The van der Waals surface area contributed by atoms with Crippen LogP contribution in [0.1, 0.15) is 24.3 Å². The lowest BCUT2D eigenvalue weighted by atomic mass is 9.96. The summed E-state index contributed by atoms with van der Waals surface area (Å²) >= 11 is 3.46. The van der Waals surface area contributed by atoms with Gasteiger partial charge in [0.15, 0.2) is 0 Å². The summed E-state index contributed by atoms with van der Waals surface area (Å²) in [6.07, 6.45) is 1.62. The van der Waals surface area contributed by atoms with Gasteiger partial charge in [0.1, 0.15) is 5.75 Å². The third-order valence-corrected chi connectivity index (χ3v) is 6.01. The van der Waals surface area contributed by atoms with Gasteiger partial charge in [-0.25, -0.2) is 0 Å². The van der Waals surface area contributed by atoms with E-state index < -0.39 is 0 Å². The largest absolute Gasteiger partial charge is 0.496 e. The van der Waals surface area contributed by atoms with E-state index in [9.17, 15) is 4.79 Å². The van der Waals surface area contributed by atoms with E-state index in [-0.39, 0.29) is 11.8 Å². The maximum Gasteiger partial charge on any atom is 0.241 e. The van der Waals surface area contributed by atoms with Crippen molar-refractivity contribution in [3.63, 3.8) is 0 Å². The molecule has 1 amide bonds. The van der Waals surface area contributed by atoms with E-state index in [0.717, 1.165) is 47.3 Å². The number of hydrogen-bond donors (Lipinski definition) is 1. The molecular formula is C23H25BrN4O3. The van der Waals surface area contributed by atoms with E-state index in [0.29, 0.717) is 24.8 Å². The summed E-state index contributed by atoms with van der Waals surface area (Å²) in [7, 11) is 1.64. The van der Waals surface area contributed by atoms with Gasteiger partial charge in [-0.3, -0.25) is 9.69 Å². The number of aromatic nitrogens is 2. The minimum Gasteiger partial charge on any atom is -0.496 e. The number of para-hydroxylation sites is 1. The summed E-state index contributed by atoms with van der Waals surface area (Å²) in [4.78, 5) is 19.4. The SMILES string of the molecule is COc1ccccc1CNC(=O)C1CCN(Cc2nc(-c3cccc(Br)c3)no2)CC1. The molecule has 1 N–H and O–H groups in total. The van der Waals surface area contributed by atoms with Crippen molar-refractivity contribution in [3.8, 4) is 17.1 Å². The van der Waals surface area contributed by atoms with Gasteiger partial charge in [-0.2, -0.15) is 4.98 Å². The average molecular weight is 485 g/mol. The Balaban J connectivity index is 1.26. The highest BCUT2D eigenvalue weighted by Crippen LogP contribution is 2.23. The highest BCUT2D eigenvalue weighted by molar-refractivity contribution is 9.10. The van der Waals surface area contributed by atoms with Crippen molar-refractivity contribution >= 4 is 21.8 Å². The first-order valence-electron chi connectivity index (χ1n) is 10.3. The van der Waals surface area contributed by atoms with E-state index >= 15 is 0 Å². The smallest absolute Gasteiger partial charge is 0.241 e. The molecule has 0 radical (unpaired) electrons. The molecule has 0 atom stereocenters. The van der Waals surface area contributed by atoms with Crippen LogP contribution >= 0.6 is 15.9 Å². The van der Waals surface area contributed by atoms with Crippen LogP contribution in [0.2, 0.25) is 0 Å². The molecule has 7 nitrogen and oxygen atoms in total. The molecule has 0 aliphatic carbocycles. The fourth-order valence-electron chi connectivity index (χ4n) is 3.78. The highest BCUT2D eigenvalue weighted by atomic mass is 79.9. The molecule has 1 aliphatic rings. The Kier molecular flexibility index (Phi) is 6.99. The molecule has 0 bridgehead atoms. The van der Waals surface area contributed by atoms with Crippen LogP contribution in [0, 0.1) is 5.92 Å². The Morgan fingerprint density at radius 1 is 1.23 bits per heavy atom. The van der Waals surface area contributed by atoms with Gasteiger partial charge in [-0.1, -0.05) is 51.4 Å². The standard InChI is InChI=1S/C23H25BrN4O3/c1-30-20-8-3-2-5-18(20)14-25-23(29)16-9-11-28(12-10-16)15-21-26-22(27-31-21)17-6-4-7-19(24)13-17/h2-8,13,16H,9-12,14-15H2,1H3,(H,25,29). The lowest BCUT2D eigenvalue weighted by Crippen LogP contribution is -2.40. The lowest BCUT2D eigenvalue weighted by molar-refractivity contribution is -0.126. The number of likely N-dealkylation sites (tertiary alicyclic amines) is 1. The predicted molar refractivity (Wildman–Crippen MR) is 120 cm³/mol. The second-order valence-electron chi connectivity index (χ2n) is 7.60. The van der Waals surface area contributed by atoms with Crippen LogP contribution in [0.4, 0.5) is 0 Å². The third-order valence-electron chi connectivity index (χ3n) is 5.51. The molecule has 1 aliphatic heterocycles. The quantitative estimate of drug-likeness (QED) is 0.544. The van der Waals surface area contributed by atoms with Crippen LogP contribution in [0.15, 0.2) is 57.5 Å². The Hall–Kier alpha value is -2.71. The first-order valence-corrected chi connectivity index (χ1v) is 11.1. The number of amides is 1. The zero-order chi connectivity index (χ0) is 21.6. The highest BCUT2D eigenvalue weighted by Gasteiger charge is 2.26. The lowest BCUT2D eigenvalue weighted by Gasteiger charge is -2.30. The molecule has 162 valence electrons. The van der Waals surface area contributed by atoms with Gasteiger partial charge in [-0.15, -0.1) is 0 Å². The van der Waals surface area contributed by atoms with Crippen molar-refractivity contribution in [3.05, 3.63) is 64.5 Å². The fourth-order valence-corrected chi connectivity index (χ4v) is 4.18. The minimum atomic E-state index is 0.0193. The predicted octanol–water partition coefficient (Wildman–Crippen LogP) is 4.04. The fraction of sp³-hybridized carbons (Fsp3) is 0.348. The maximum absolute atomic E-state index is 12.6. The zero-order valence-electron chi connectivity index (χ0n) is 17.4. The van der Waals surface area contributed by atoms with Crippen LogP contribution in [-0.2, 0) is 17.9 Å². The molecule has 8 heteroatoms. The molecule has 1 saturated heterocycles. The Morgan fingerprint density at radius 3 is 2.81 bits per heavy atom. The first kappa shape index (κ1) is 21.5. The van der Waals surface area contributed by atoms with Gasteiger partial charge in [-0.05, 0) is 44.1 Å². The second-order valence-corrected chi connectivity index (χ2v) is 8.52. The van der Waals surface area contributed by atoms with E-state index in [4.69, 9.17) is 9.26 Å². The number of methoxy groups -OCH3 is 1. The number of nitrogens with zero attached hydrogens (tertiary/aromatic N) is 3. The molecule has 1 aromatic heterocycles. The molecule has 31 heavy (non-hydrogen) atoms. The molecule has 0 unspecified atom stereocenters. The molecule has 0 saturated carbocycles. The number of piperidine rings is 1. The average Bonchev–Trinajstić information content (AvgIpc) is 3.26. The monoisotopic (exact) mass is 484 g/mol. The van der Waals surface area contributed by atoms with Crippen molar-refractivity contribution in [2.24, 2.45) is 5.92 Å². The zero-order valence-corrected chi connectivity index (χ0v) is 19.0. The Labute approximate surface area is 189 Å². The van der Waals surface area contributed by atoms with Gasteiger partial charge in [0.2, 0.25) is 17.6 Å². The van der Waals surface area contributed by atoms with Crippen LogP contribution in [0.3, 0.4) is 0 Å². The van der Waals surface area contributed by atoms with Gasteiger partial charge >= 0.3 is 0 Å². The van der Waals surface area contributed by atoms with Gasteiger partial charge in [0.25, 0.3) is 0 Å². The van der Waals surface area contributed by atoms with E-state index in [1.54, 1.807) is 7.11 Å². The van der Waals surface area contributed by atoms with Gasteiger partial charge < -0.3 is 14.6 Å². The topological polar surface area (TPSA) is 80.5 Å². The van der Waals surface area contributed by atoms with Crippen molar-refractivity contribution < 1.29 is 14.1 Å². The van der Waals surface area contributed by atoms with Crippen LogP contribution in [0.5, 0.6) is 5.75 Å². The third kappa shape index (κ3) is 5.51. The summed E-state index contributed by atoms with van der Waals surface area (Å²) in [6, 6.07) is 15.6.